The first kappa shape index (κ1) is 24.0. The van der Waals surface area contributed by atoms with Gasteiger partial charge in [-0.3, -0.25) is 4.79 Å². The summed E-state index contributed by atoms with van der Waals surface area (Å²) in [4.78, 5) is 26.6. The average Bonchev–Trinajstić information content (AvgIpc) is 3.39. The summed E-state index contributed by atoms with van der Waals surface area (Å²) < 4.78 is 28.3. The van der Waals surface area contributed by atoms with Crippen molar-refractivity contribution in [3.63, 3.8) is 0 Å². The summed E-state index contributed by atoms with van der Waals surface area (Å²) in [7, 11) is 3.19. The van der Waals surface area contributed by atoms with Crippen LogP contribution in [-0.2, 0) is 25.6 Å². The van der Waals surface area contributed by atoms with Gasteiger partial charge < -0.3 is 28.6 Å². The number of amides is 1. The molecule has 0 saturated carbocycles. The molecule has 4 rings (SSSR count). The third-order valence-electron chi connectivity index (χ3n) is 6.52. The van der Waals surface area contributed by atoms with Crippen LogP contribution >= 0.6 is 0 Å². The molecule has 0 aromatic heterocycles. The van der Waals surface area contributed by atoms with Crippen molar-refractivity contribution in [1.82, 2.24) is 4.90 Å². The molecule has 2 fully saturated rings. The fourth-order valence-corrected chi connectivity index (χ4v) is 4.77. The maximum Gasteiger partial charge on any atom is 0.338 e. The molecule has 2 aliphatic rings. The number of methoxy groups -OCH3 is 2. The van der Waals surface area contributed by atoms with Gasteiger partial charge in [0, 0.05) is 25.3 Å². The van der Waals surface area contributed by atoms with Crippen molar-refractivity contribution in [3.05, 3.63) is 59.7 Å². The number of hydrogen-bond donors (Lipinski definition) is 0. The van der Waals surface area contributed by atoms with Crippen LogP contribution in [0.3, 0.4) is 0 Å². The zero-order chi connectivity index (χ0) is 24.0. The molecule has 0 bridgehead atoms. The Labute approximate surface area is 199 Å². The van der Waals surface area contributed by atoms with Crippen molar-refractivity contribution in [2.24, 2.45) is 5.92 Å². The van der Waals surface area contributed by atoms with Crippen molar-refractivity contribution < 1.29 is 33.3 Å². The number of carbonyl (C=O) groups is 2. The average molecular weight is 470 g/mol. The van der Waals surface area contributed by atoms with Crippen LogP contribution in [0.25, 0.3) is 0 Å². The first-order valence-corrected chi connectivity index (χ1v) is 11.5. The molecule has 2 saturated heterocycles. The largest absolute Gasteiger partial charge is 0.493 e. The number of rotatable bonds is 11. The summed E-state index contributed by atoms with van der Waals surface area (Å²) >= 11 is 0. The molecule has 2 aromatic carbocycles. The Kier molecular flexibility index (Phi) is 7.70. The smallest absolute Gasteiger partial charge is 0.338 e. The van der Waals surface area contributed by atoms with Crippen LogP contribution < -0.4 is 9.47 Å². The molecule has 0 spiro atoms. The van der Waals surface area contributed by atoms with E-state index in [4.69, 9.17) is 23.7 Å². The van der Waals surface area contributed by atoms with Crippen LogP contribution in [0.4, 0.5) is 0 Å². The van der Waals surface area contributed by atoms with E-state index >= 15 is 0 Å². The van der Waals surface area contributed by atoms with E-state index in [1.54, 1.807) is 38.5 Å². The molecule has 2 aliphatic heterocycles. The first-order chi connectivity index (χ1) is 16.6. The second-order valence-electron chi connectivity index (χ2n) is 8.43. The zero-order valence-electron chi connectivity index (χ0n) is 19.7. The van der Waals surface area contributed by atoms with Crippen LogP contribution in [0.1, 0.15) is 35.2 Å². The van der Waals surface area contributed by atoms with Crippen LogP contribution in [0, 0.1) is 5.92 Å². The lowest BCUT2D eigenvalue weighted by Gasteiger charge is -2.36. The van der Waals surface area contributed by atoms with Crippen molar-refractivity contribution in [1.29, 1.82) is 0 Å². The summed E-state index contributed by atoms with van der Waals surface area (Å²) in [5.41, 5.74) is 0.735. The summed E-state index contributed by atoms with van der Waals surface area (Å²) in [6, 6.07) is 14.6. The van der Waals surface area contributed by atoms with Gasteiger partial charge in [-0.2, -0.15) is 0 Å². The molecule has 0 radical (unpaired) electrons. The van der Waals surface area contributed by atoms with Gasteiger partial charge >= 0.3 is 5.97 Å². The molecule has 2 atom stereocenters. The minimum absolute atomic E-state index is 0.0718. The van der Waals surface area contributed by atoms with E-state index in [0.29, 0.717) is 56.3 Å². The summed E-state index contributed by atoms with van der Waals surface area (Å²) in [6.45, 7) is 1.93. The van der Waals surface area contributed by atoms with Gasteiger partial charge in [0.1, 0.15) is 5.72 Å². The van der Waals surface area contributed by atoms with Crippen molar-refractivity contribution in [2.75, 3.05) is 40.6 Å². The molecule has 2 aromatic rings. The fraction of sp³-hybridized carbons (Fsp3) is 0.462. The van der Waals surface area contributed by atoms with Crippen molar-refractivity contribution >= 4 is 11.9 Å². The monoisotopic (exact) mass is 469 g/mol. The summed E-state index contributed by atoms with van der Waals surface area (Å²) in [5.74, 6) is 0.968. The van der Waals surface area contributed by atoms with E-state index in [0.717, 1.165) is 12.0 Å². The first-order valence-electron chi connectivity index (χ1n) is 11.5. The Morgan fingerprint density at radius 2 is 1.85 bits per heavy atom. The molecular weight excluding hydrogens is 438 g/mol. The second kappa shape index (κ2) is 10.9. The Morgan fingerprint density at radius 3 is 2.62 bits per heavy atom. The van der Waals surface area contributed by atoms with Crippen molar-refractivity contribution in [2.45, 2.75) is 31.6 Å². The lowest BCUT2D eigenvalue weighted by Crippen LogP contribution is -2.49. The van der Waals surface area contributed by atoms with Crippen LogP contribution in [0.15, 0.2) is 48.5 Å². The zero-order valence-corrected chi connectivity index (χ0v) is 19.7. The highest BCUT2D eigenvalue weighted by atomic mass is 16.6. The van der Waals surface area contributed by atoms with Crippen LogP contribution in [0.5, 0.6) is 11.5 Å². The number of fused-ring (bicyclic) bond motifs is 1. The van der Waals surface area contributed by atoms with E-state index in [2.05, 4.69) is 0 Å². The maximum atomic E-state index is 12.4. The van der Waals surface area contributed by atoms with Gasteiger partial charge in [0.15, 0.2) is 11.5 Å². The van der Waals surface area contributed by atoms with E-state index in [1.165, 1.54) is 0 Å². The van der Waals surface area contributed by atoms with Gasteiger partial charge in [-0.25, -0.2) is 4.79 Å². The van der Waals surface area contributed by atoms with E-state index in [1.807, 2.05) is 29.2 Å². The molecule has 8 heteroatoms. The summed E-state index contributed by atoms with van der Waals surface area (Å²) in [6.07, 6.45) is 1.77. The predicted octanol–water partition coefficient (Wildman–Crippen LogP) is 3.43. The van der Waals surface area contributed by atoms with Gasteiger partial charge in [0.2, 0.25) is 5.91 Å². The molecule has 0 N–H and O–H groups in total. The van der Waals surface area contributed by atoms with Gasteiger partial charge in [0.25, 0.3) is 0 Å². The number of nitrogens with zero attached hydrogens (tertiary/aromatic N) is 1. The Balaban J connectivity index is 1.30. The quantitative estimate of drug-likeness (QED) is 0.368. The van der Waals surface area contributed by atoms with E-state index < -0.39 is 5.72 Å². The highest BCUT2D eigenvalue weighted by molar-refractivity contribution is 5.89. The van der Waals surface area contributed by atoms with Gasteiger partial charge in [-0.05, 0) is 36.2 Å². The third kappa shape index (κ3) is 5.03. The van der Waals surface area contributed by atoms with Gasteiger partial charge in [0.05, 0.1) is 46.2 Å². The number of carbonyl (C=O) groups excluding carboxylic acids is 2. The van der Waals surface area contributed by atoms with E-state index in [-0.39, 0.29) is 24.4 Å². The van der Waals surface area contributed by atoms with Gasteiger partial charge in [-0.15, -0.1) is 0 Å². The van der Waals surface area contributed by atoms with Gasteiger partial charge in [-0.1, -0.05) is 24.3 Å². The summed E-state index contributed by atoms with van der Waals surface area (Å²) in [5, 5.41) is 0. The van der Waals surface area contributed by atoms with Crippen LogP contribution in [0.2, 0.25) is 0 Å². The SMILES string of the molecule is COc1ccc(COCCO[C@]23CCC(=O)N2CC[C@H]3COC(=O)c2ccccc2)cc1OC. The second-order valence-corrected chi connectivity index (χ2v) is 8.43. The normalized spacial score (nSPS) is 21.4. The molecule has 34 heavy (non-hydrogen) atoms. The third-order valence-corrected chi connectivity index (χ3v) is 6.52. The molecule has 182 valence electrons. The van der Waals surface area contributed by atoms with E-state index in [9.17, 15) is 9.59 Å². The molecular formula is C26H31NO7. The predicted molar refractivity (Wildman–Crippen MR) is 124 cm³/mol. The standard InChI is InChI=1S/C26H31NO7/c1-30-22-9-8-19(16-23(22)31-2)17-32-14-15-34-26-12-10-24(28)27(26)13-11-21(26)18-33-25(29)20-6-4-3-5-7-20/h3-9,16,21H,10-15,17-18H2,1-2H3/t21-,26-/m0/s1. The molecule has 0 unspecified atom stereocenters. The minimum Gasteiger partial charge on any atom is -0.493 e. The number of benzene rings is 2. The molecule has 2 heterocycles. The molecule has 8 nitrogen and oxygen atoms in total. The fourth-order valence-electron chi connectivity index (χ4n) is 4.77. The number of ether oxygens (including phenoxy) is 5. The highest BCUT2D eigenvalue weighted by Gasteiger charge is 2.56. The highest BCUT2D eigenvalue weighted by Crippen LogP contribution is 2.45. The lowest BCUT2D eigenvalue weighted by atomic mass is 9.94. The minimum atomic E-state index is -0.735. The Hall–Kier alpha value is -3.10. The topological polar surface area (TPSA) is 83.5 Å². The lowest BCUT2D eigenvalue weighted by molar-refractivity contribution is -0.170. The molecule has 1 amide bonds. The Morgan fingerprint density at radius 1 is 1.06 bits per heavy atom. The number of esters is 1. The maximum absolute atomic E-state index is 12.4. The number of hydrogen-bond acceptors (Lipinski definition) is 7. The Bertz CT molecular complexity index is 996. The molecule has 0 aliphatic carbocycles. The van der Waals surface area contributed by atoms with Crippen molar-refractivity contribution in [3.8, 4) is 11.5 Å². The van der Waals surface area contributed by atoms with Crippen LogP contribution in [-0.4, -0.2) is 63.1 Å².